The summed E-state index contributed by atoms with van der Waals surface area (Å²) >= 11 is 0. The number of carbonyl (C=O) groups excluding carboxylic acids is 4. The Bertz CT molecular complexity index is 1600. The zero-order chi connectivity index (χ0) is 29.5. The molecule has 5 heterocycles. The molecule has 0 spiro atoms. The zero-order valence-electron chi connectivity index (χ0n) is 24.0. The van der Waals surface area contributed by atoms with Crippen molar-refractivity contribution in [3.63, 3.8) is 0 Å². The molecule has 10 heteroatoms. The van der Waals surface area contributed by atoms with Crippen molar-refractivity contribution in [2.24, 2.45) is 0 Å². The molecule has 2 saturated heterocycles. The van der Waals surface area contributed by atoms with E-state index in [4.69, 9.17) is 0 Å². The van der Waals surface area contributed by atoms with Crippen LogP contribution in [0.15, 0.2) is 55.0 Å². The molecule has 10 nitrogen and oxygen atoms in total. The lowest BCUT2D eigenvalue weighted by Gasteiger charge is -2.32. The van der Waals surface area contributed by atoms with E-state index in [1.807, 2.05) is 6.07 Å². The van der Waals surface area contributed by atoms with Crippen LogP contribution < -0.4 is 10.2 Å². The summed E-state index contributed by atoms with van der Waals surface area (Å²) in [5, 5.41) is 2.37. The number of carbonyl (C=O) groups is 4. The normalized spacial score (nSPS) is 21.4. The standard InChI is InChI=1S/C33H34N6O4/c40-30-8-7-28(31(41)36-30)39-20-25-17-24(5-6-26(25)32(39)42)22-9-14-37(15-10-22)19-21-3-4-23-2-1-13-38(33(43)27(23)16-21)29-18-34-11-12-35-29/h3-6,11-12,16-18,22,28H,1-2,7-10,13-15,19-20H2,(H,36,40,41). The first kappa shape index (κ1) is 27.4. The van der Waals surface area contributed by atoms with Gasteiger partial charge in [-0.1, -0.05) is 24.3 Å². The van der Waals surface area contributed by atoms with Gasteiger partial charge in [-0.3, -0.25) is 39.3 Å². The van der Waals surface area contributed by atoms with Crippen LogP contribution in [0.25, 0.3) is 0 Å². The molecule has 4 amide bonds. The Morgan fingerprint density at radius 3 is 2.49 bits per heavy atom. The molecule has 7 rings (SSSR count). The number of likely N-dealkylation sites (tertiary alicyclic amines) is 1. The molecule has 1 aromatic heterocycles. The van der Waals surface area contributed by atoms with Crippen molar-refractivity contribution >= 4 is 29.4 Å². The van der Waals surface area contributed by atoms with E-state index in [2.05, 4.69) is 50.5 Å². The molecule has 3 aromatic rings. The molecule has 0 radical (unpaired) electrons. The molecule has 1 unspecified atom stereocenters. The summed E-state index contributed by atoms with van der Waals surface area (Å²) in [7, 11) is 0. The highest BCUT2D eigenvalue weighted by molar-refractivity contribution is 6.07. The lowest BCUT2D eigenvalue weighted by Crippen LogP contribution is -2.52. The average molecular weight is 579 g/mol. The van der Waals surface area contributed by atoms with Gasteiger partial charge in [0.25, 0.3) is 11.8 Å². The van der Waals surface area contributed by atoms with Gasteiger partial charge in [-0.05, 0) is 85.5 Å². The maximum absolute atomic E-state index is 13.5. The minimum atomic E-state index is -0.595. The summed E-state index contributed by atoms with van der Waals surface area (Å²) < 4.78 is 0. The Kier molecular flexibility index (Phi) is 7.22. The van der Waals surface area contributed by atoms with Crippen molar-refractivity contribution < 1.29 is 19.2 Å². The second-order valence-corrected chi connectivity index (χ2v) is 12.0. The van der Waals surface area contributed by atoms with Gasteiger partial charge in [-0.25, -0.2) is 4.98 Å². The molecular weight excluding hydrogens is 544 g/mol. The van der Waals surface area contributed by atoms with Crippen LogP contribution >= 0.6 is 0 Å². The quantitative estimate of drug-likeness (QED) is 0.463. The number of benzene rings is 2. The Balaban J connectivity index is 0.990. The van der Waals surface area contributed by atoms with Gasteiger partial charge >= 0.3 is 0 Å². The van der Waals surface area contributed by atoms with E-state index < -0.39 is 6.04 Å². The second kappa shape index (κ2) is 11.3. The van der Waals surface area contributed by atoms with Crippen LogP contribution in [-0.2, 0) is 29.1 Å². The first-order valence-corrected chi connectivity index (χ1v) is 15.1. The fraction of sp³-hybridized carbons (Fsp3) is 0.394. The summed E-state index contributed by atoms with van der Waals surface area (Å²) in [6, 6.07) is 11.8. The number of piperidine rings is 2. The van der Waals surface area contributed by atoms with Gasteiger partial charge in [-0.15, -0.1) is 0 Å². The van der Waals surface area contributed by atoms with Crippen LogP contribution in [0.2, 0.25) is 0 Å². The first-order valence-electron chi connectivity index (χ1n) is 15.1. The summed E-state index contributed by atoms with van der Waals surface area (Å²) in [6.45, 7) is 3.71. The van der Waals surface area contributed by atoms with Crippen LogP contribution in [0.5, 0.6) is 0 Å². The van der Waals surface area contributed by atoms with Crippen LogP contribution in [0.4, 0.5) is 5.82 Å². The zero-order valence-corrected chi connectivity index (χ0v) is 24.0. The number of fused-ring (bicyclic) bond motifs is 2. The number of amides is 4. The van der Waals surface area contributed by atoms with Gasteiger partial charge in [0.15, 0.2) is 5.82 Å². The molecule has 0 aliphatic carbocycles. The van der Waals surface area contributed by atoms with Crippen LogP contribution in [-0.4, -0.2) is 69.1 Å². The largest absolute Gasteiger partial charge is 0.322 e. The number of rotatable bonds is 5. The highest BCUT2D eigenvalue weighted by atomic mass is 16.2. The molecule has 2 fully saturated rings. The maximum atomic E-state index is 13.5. The molecule has 0 saturated carbocycles. The molecule has 2 aromatic carbocycles. The van der Waals surface area contributed by atoms with Crippen molar-refractivity contribution in [3.8, 4) is 0 Å². The summed E-state index contributed by atoms with van der Waals surface area (Å²) in [5.74, 6) is 0.180. The first-order chi connectivity index (χ1) is 20.9. The van der Waals surface area contributed by atoms with Gasteiger partial charge in [0.05, 0.1) is 6.20 Å². The Morgan fingerprint density at radius 2 is 1.70 bits per heavy atom. The summed E-state index contributed by atoms with van der Waals surface area (Å²) in [6.07, 6.45) is 9.26. The lowest BCUT2D eigenvalue weighted by molar-refractivity contribution is -0.136. The smallest absolute Gasteiger partial charge is 0.259 e. The topological polar surface area (TPSA) is 116 Å². The Morgan fingerprint density at radius 1 is 0.837 bits per heavy atom. The Labute approximate surface area is 250 Å². The third-order valence-corrected chi connectivity index (χ3v) is 9.32. The second-order valence-electron chi connectivity index (χ2n) is 12.0. The molecular formula is C33H34N6O4. The van der Waals surface area contributed by atoms with E-state index in [0.717, 1.165) is 67.6 Å². The van der Waals surface area contributed by atoms with Crippen LogP contribution in [0.1, 0.15) is 81.0 Å². The van der Waals surface area contributed by atoms with E-state index in [9.17, 15) is 19.2 Å². The number of nitrogens with one attached hydrogen (secondary N) is 1. The van der Waals surface area contributed by atoms with E-state index in [0.29, 0.717) is 36.8 Å². The Hall–Kier alpha value is -4.44. The number of aryl methyl sites for hydroxylation is 1. The minimum absolute atomic E-state index is 0.0141. The van der Waals surface area contributed by atoms with E-state index in [1.165, 1.54) is 5.56 Å². The van der Waals surface area contributed by atoms with E-state index >= 15 is 0 Å². The third kappa shape index (κ3) is 5.31. The van der Waals surface area contributed by atoms with Crippen molar-refractivity contribution in [2.75, 3.05) is 24.5 Å². The van der Waals surface area contributed by atoms with Gasteiger partial charge in [-0.2, -0.15) is 0 Å². The van der Waals surface area contributed by atoms with E-state index in [-0.39, 0.29) is 30.0 Å². The average Bonchev–Trinajstić information content (AvgIpc) is 3.25. The van der Waals surface area contributed by atoms with E-state index in [1.54, 1.807) is 28.4 Å². The number of anilines is 1. The van der Waals surface area contributed by atoms with Crippen molar-refractivity contribution in [2.45, 2.75) is 63.6 Å². The molecule has 43 heavy (non-hydrogen) atoms. The lowest BCUT2D eigenvalue weighted by atomic mass is 9.87. The number of nitrogens with zero attached hydrogens (tertiary/aromatic N) is 5. The predicted molar refractivity (Wildman–Crippen MR) is 158 cm³/mol. The predicted octanol–water partition coefficient (Wildman–Crippen LogP) is 3.21. The number of hydrogen-bond donors (Lipinski definition) is 1. The van der Waals surface area contributed by atoms with Gasteiger partial charge in [0.2, 0.25) is 11.8 Å². The van der Waals surface area contributed by atoms with Gasteiger partial charge in [0, 0.05) is 49.6 Å². The molecule has 4 aliphatic heterocycles. The molecule has 220 valence electrons. The molecule has 1 atom stereocenters. The van der Waals surface area contributed by atoms with Gasteiger partial charge < -0.3 is 4.90 Å². The van der Waals surface area contributed by atoms with Crippen molar-refractivity contribution in [3.05, 3.63) is 88.4 Å². The van der Waals surface area contributed by atoms with Crippen LogP contribution in [0.3, 0.4) is 0 Å². The minimum Gasteiger partial charge on any atom is -0.322 e. The number of imide groups is 1. The highest BCUT2D eigenvalue weighted by Crippen LogP contribution is 2.34. The van der Waals surface area contributed by atoms with Crippen molar-refractivity contribution in [1.29, 1.82) is 0 Å². The van der Waals surface area contributed by atoms with Gasteiger partial charge in [0.1, 0.15) is 6.04 Å². The highest BCUT2D eigenvalue weighted by Gasteiger charge is 2.39. The fourth-order valence-electron chi connectivity index (χ4n) is 6.99. The molecule has 1 N–H and O–H groups in total. The third-order valence-electron chi connectivity index (χ3n) is 9.32. The maximum Gasteiger partial charge on any atom is 0.259 e. The van der Waals surface area contributed by atoms with Crippen molar-refractivity contribution in [1.82, 2.24) is 25.1 Å². The number of hydrogen-bond acceptors (Lipinski definition) is 7. The summed E-state index contributed by atoms with van der Waals surface area (Å²) in [4.78, 5) is 64.8. The van der Waals surface area contributed by atoms with Crippen LogP contribution in [0, 0.1) is 0 Å². The monoisotopic (exact) mass is 578 g/mol. The number of aromatic nitrogens is 2. The fourth-order valence-corrected chi connectivity index (χ4v) is 6.99. The molecule has 4 aliphatic rings. The molecule has 0 bridgehead atoms. The SMILES string of the molecule is O=C1CCC(N2Cc3cc(C4CCN(Cc5ccc6c(c5)C(=O)N(c5cnccn5)CCC6)CC4)ccc3C2=O)C(=O)N1. The summed E-state index contributed by atoms with van der Waals surface area (Å²) in [5.41, 5.74) is 5.83.